The zero-order valence-electron chi connectivity index (χ0n) is 18.6. The number of benzene rings is 2. The normalized spacial score (nSPS) is 15.2. The van der Waals surface area contributed by atoms with Gasteiger partial charge in [-0.15, -0.1) is 0 Å². The highest BCUT2D eigenvalue weighted by Crippen LogP contribution is 2.26. The molecule has 0 unspecified atom stereocenters. The number of hydrogen-bond donors (Lipinski definition) is 1. The lowest BCUT2D eigenvalue weighted by Gasteiger charge is -2.33. The van der Waals surface area contributed by atoms with Crippen LogP contribution in [0.3, 0.4) is 0 Å². The van der Waals surface area contributed by atoms with Crippen molar-refractivity contribution < 1.29 is 9.59 Å². The van der Waals surface area contributed by atoms with Gasteiger partial charge in [0.15, 0.2) is 0 Å². The van der Waals surface area contributed by atoms with Gasteiger partial charge in [-0.05, 0) is 54.7 Å². The van der Waals surface area contributed by atoms with Gasteiger partial charge in [-0.2, -0.15) is 0 Å². The van der Waals surface area contributed by atoms with Crippen LogP contribution in [0.25, 0.3) is 0 Å². The second-order valence-corrected chi connectivity index (χ2v) is 10.1. The Balaban J connectivity index is 1.85. The molecule has 0 aliphatic heterocycles. The molecule has 0 saturated heterocycles. The topological polar surface area (TPSA) is 49.4 Å². The van der Waals surface area contributed by atoms with E-state index in [1.807, 2.05) is 6.92 Å². The molecule has 178 valence electrons. The molecule has 0 bridgehead atoms. The summed E-state index contributed by atoms with van der Waals surface area (Å²) in [7, 11) is 0. The van der Waals surface area contributed by atoms with Crippen LogP contribution in [0, 0.1) is 0 Å². The molecule has 0 spiro atoms. The summed E-state index contributed by atoms with van der Waals surface area (Å²) < 4.78 is 0. The Labute approximate surface area is 215 Å². The van der Waals surface area contributed by atoms with Crippen LogP contribution in [0.4, 0.5) is 0 Å². The molecule has 0 aromatic heterocycles. The van der Waals surface area contributed by atoms with E-state index < -0.39 is 6.04 Å². The average Bonchev–Trinajstić information content (AvgIpc) is 2.78. The molecule has 33 heavy (non-hydrogen) atoms. The molecule has 1 saturated carbocycles. The number of carbonyl (C=O) groups excluding carboxylic acids is 2. The maximum Gasteiger partial charge on any atom is 0.243 e. The van der Waals surface area contributed by atoms with Crippen molar-refractivity contribution in [2.24, 2.45) is 0 Å². The van der Waals surface area contributed by atoms with Gasteiger partial charge in [-0.3, -0.25) is 9.59 Å². The molecule has 0 heterocycles. The highest BCUT2D eigenvalue weighted by molar-refractivity contribution is 6.42. The van der Waals surface area contributed by atoms with Crippen LogP contribution in [-0.2, 0) is 22.6 Å². The minimum Gasteiger partial charge on any atom is -0.352 e. The number of carbonyl (C=O) groups is 2. The van der Waals surface area contributed by atoms with Gasteiger partial charge in [0, 0.05) is 22.6 Å². The molecule has 2 aromatic carbocycles. The third-order valence-electron chi connectivity index (χ3n) is 6.03. The summed E-state index contributed by atoms with van der Waals surface area (Å²) in [5.41, 5.74) is 1.46. The van der Waals surface area contributed by atoms with Crippen LogP contribution in [0.1, 0.15) is 56.6 Å². The smallest absolute Gasteiger partial charge is 0.243 e. The van der Waals surface area contributed by atoms with Crippen molar-refractivity contribution in [3.8, 4) is 0 Å². The molecule has 1 aliphatic carbocycles. The highest BCUT2D eigenvalue weighted by Gasteiger charge is 2.30. The zero-order chi connectivity index (χ0) is 24.0. The lowest BCUT2D eigenvalue weighted by atomic mass is 9.95. The van der Waals surface area contributed by atoms with E-state index in [9.17, 15) is 9.59 Å². The fraction of sp³-hybridized carbons (Fsp3) is 0.440. The first-order chi connectivity index (χ1) is 15.8. The fourth-order valence-electron chi connectivity index (χ4n) is 4.22. The molecule has 1 fully saturated rings. The Kier molecular flexibility index (Phi) is 9.75. The van der Waals surface area contributed by atoms with Gasteiger partial charge in [0.2, 0.25) is 11.8 Å². The standard InChI is InChI=1S/C25H28Cl4N2O2/c1-2-23(25(33)30-19-6-4-3-5-7-19)31(15-17-9-10-18(26)14-21(17)28)24(32)13-16-8-11-20(27)22(29)12-16/h8-12,14,19,23H,2-7,13,15H2,1H3,(H,30,33)/t23-/m0/s1. The van der Waals surface area contributed by atoms with Gasteiger partial charge in [0.25, 0.3) is 0 Å². The summed E-state index contributed by atoms with van der Waals surface area (Å²) in [5.74, 6) is -0.318. The first-order valence-electron chi connectivity index (χ1n) is 11.3. The second kappa shape index (κ2) is 12.3. The molecular weight excluding hydrogens is 502 g/mol. The number of nitrogens with one attached hydrogen (secondary N) is 1. The number of nitrogens with zero attached hydrogens (tertiary/aromatic N) is 1. The van der Waals surface area contributed by atoms with Crippen molar-refractivity contribution in [3.63, 3.8) is 0 Å². The monoisotopic (exact) mass is 528 g/mol. The van der Waals surface area contributed by atoms with E-state index in [0.717, 1.165) is 36.8 Å². The Hall–Kier alpha value is -1.46. The summed E-state index contributed by atoms with van der Waals surface area (Å²) in [6.45, 7) is 2.11. The Morgan fingerprint density at radius 2 is 1.70 bits per heavy atom. The van der Waals surface area contributed by atoms with Crippen LogP contribution in [0.15, 0.2) is 36.4 Å². The van der Waals surface area contributed by atoms with Crippen molar-refractivity contribution in [1.29, 1.82) is 0 Å². The van der Waals surface area contributed by atoms with E-state index in [1.165, 1.54) is 6.42 Å². The lowest BCUT2D eigenvalue weighted by Crippen LogP contribution is -2.52. The van der Waals surface area contributed by atoms with Crippen LogP contribution >= 0.6 is 46.4 Å². The predicted octanol–water partition coefficient (Wildman–Crippen LogP) is 7.10. The maximum atomic E-state index is 13.5. The van der Waals surface area contributed by atoms with E-state index in [-0.39, 0.29) is 30.8 Å². The molecule has 2 amide bonds. The largest absolute Gasteiger partial charge is 0.352 e. The summed E-state index contributed by atoms with van der Waals surface area (Å²) >= 11 is 24.6. The lowest BCUT2D eigenvalue weighted by molar-refractivity contribution is -0.141. The maximum absolute atomic E-state index is 13.5. The van der Waals surface area contributed by atoms with Gasteiger partial charge >= 0.3 is 0 Å². The van der Waals surface area contributed by atoms with Crippen LogP contribution < -0.4 is 5.32 Å². The third-order valence-corrected chi connectivity index (χ3v) is 7.36. The Morgan fingerprint density at radius 3 is 2.33 bits per heavy atom. The first kappa shape index (κ1) is 26.2. The molecule has 0 radical (unpaired) electrons. The van der Waals surface area contributed by atoms with Crippen LogP contribution in [0.5, 0.6) is 0 Å². The third kappa shape index (κ3) is 7.26. The molecule has 1 atom stereocenters. The fourth-order valence-corrected chi connectivity index (χ4v) is 5.01. The van der Waals surface area contributed by atoms with Crippen LogP contribution in [-0.4, -0.2) is 28.8 Å². The first-order valence-corrected chi connectivity index (χ1v) is 12.8. The van der Waals surface area contributed by atoms with Gasteiger partial charge < -0.3 is 10.2 Å². The van der Waals surface area contributed by atoms with Crippen molar-refractivity contribution in [2.75, 3.05) is 0 Å². The second-order valence-electron chi connectivity index (χ2n) is 8.45. The molecule has 4 nitrogen and oxygen atoms in total. The van der Waals surface area contributed by atoms with Crippen molar-refractivity contribution >= 4 is 58.2 Å². The van der Waals surface area contributed by atoms with E-state index in [0.29, 0.717) is 26.5 Å². The van der Waals surface area contributed by atoms with Gasteiger partial charge in [-0.25, -0.2) is 0 Å². The van der Waals surface area contributed by atoms with E-state index in [1.54, 1.807) is 41.3 Å². The highest BCUT2D eigenvalue weighted by atomic mass is 35.5. The Bertz CT molecular complexity index is 992. The van der Waals surface area contributed by atoms with Gasteiger partial charge in [0.05, 0.1) is 16.5 Å². The predicted molar refractivity (Wildman–Crippen MR) is 136 cm³/mol. The van der Waals surface area contributed by atoms with Crippen molar-refractivity contribution in [2.45, 2.75) is 70.5 Å². The zero-order valence-corrected chi connectivity index (χ0v) is 21.6. The van der Waals surface area contributed by atoms with Crippen molar-refractivity contribution in [1.82, 2.24) is 10.2 Å². The van der Waals surface area contributed by atoms with E-state index in [2.05, 4.69) is 5.32 Å². The molecule has 1 aliphatic rings. The SMILES string of the molecule is CC[C@@H](C(=O)NC1CCCCC1)N(Cc1ccc(Cl)cc1Cl)C(=O)Cc1ccc(Cl)c(Cl)c1. The Morgan fingerprint density at radius 1 is 0.970 bits per heavy atom. The molecular formula is C25H28Cl4N2O2. The van der Waals surface area contributed by atoms with Gasteiger partial charge in [0.1, 0.15) is 6.04 Å². The summed E-state index contributed by atoms with van der Waals surface area (Å²) in [5, 5.41) is 4.95. The van der Waals surface area contributed by atoms with E-state index in [4.69, 9.17) is 46.4 Å². The number of rotatable bonds is 8. The van der Waals surface area contributed by atoms with Gasteiger partial charge in [-0.1, -0.05) is 84.7 Å². The minimum atomic E-state index is -0.617. The number of amides is 2. The quantitative estimate of drug-likeness (QED) is 0.396. The minimum absolute atomic E-state index is 0.0926. The number of hydrogen-bond acceptors (Lipinski definition) is 2. The molecule has 3 rings (SSSR count). The molecule has 2 aromatic rings. The van der Waals surface area contributed by atoms with E-state index >= 15 is 0 Å². The molecule has 8 heteroatoms. The summed E-state index contributed by atoms with van der Waals surface area (Å²) in [6, 6.07) is 9.81. The summed E-state index contributed by atoms with van der Waals surface area (Å²) in [4.78, 5) is 28.4. The molecule has 1 N–H and O–H groups in total. The summed E-state index contributed by atoms with van der Waals surface area (Å²) in [6.07, 6.45) is 5.95. The average molecular weight is 530 g/mol. The van der Waals surface area contributed by atoms with Crippen LogP contribution in [0.2, 0.25) is 20.1 Å². The number of halogens is 4. The van der Waals surface area contributed by atoms with Crippen molar-refractivity contribution in [3.05, 3.63) is 67.6 Å².